The molecule has 3 N–H and O–H groups in total. The van der Waals surface area contributed by atoms with E-state index in [2.05, 4.69) is 10.3 Å². The molecule has 8 nitrogen and oxygen atoms in total. The minimum Gasteiger partial charge on any atom is -0.378 e. The van der Waals surface area contributed by atoms with Crippen LogP contribution < -0.4 is 11.1 Å². The van der Waals surface area contributed by atoms with E-state index in [1.54, 1.807) is 6.07 Å². The Labute approximate surface area is 123 Å². The van der Waals surface area contributed by atoms with Crippen molar-refractivity contribution in [1.82, 2.24) is 14.6 Å². The first-order valence-corrected chi connectivity index (χ1v) is 7.91. The number of nitrogens with two attached hydrogens (primary N) is 1. The van der Waals surface area contributed by atoms with E-state index in [-0.39, 0.29) is 31.2 Å². The van der Waals surface area contributed by atoms with Crippen molar-refractivity contribution in [2.45, 2.75) is 17.5 Å². The minimum atomic E-state index is -3.80. The summed E-state index contributed by atoms with van der Waals surface area (Å²) in [5, 5.41) is 2.45. The van der Waals surface area contributed by atoms with Crippen LogP contribution in [0.4, 0.5) is 0 Å². The SMILES string of the molecule is CNC(=O)C1COCCN1S(=O)(=O)c1ccc(CN)nc1. The number of hydrogen-bond donors (Lipinski definition) is 2. The Bertz CT molecular complexity index is 602. The Balaban J connectivity index is 2.33. The molecule has 2 heterocycles. The van der Waals surface area contributed by atoms with Gasteiger partial charge >= 0.3 is 0 Å². The molecule has 1 amide bonds. The fourth-order valence-electron chi connectivity index (χ4n) is 2.07. The van der Waals surface area contributed by atoms with E-state index < -0.39 is 22.0 Å². The van der Waals surface area contributed by atoms with E-state index in [1.807, 2.05) is 0 Å². The Morgan fingerprint density at radius 2 is 2.33 bits per heavy atom. The molecule has 0 spiro atoms. The van der Waals surface area contributed by atoms with Gasteiger partial charge in [-0.3, -0.25) is 9.78 Å². The van der Waals surface area contributed by atoms with Gasteiger partial charge in [0.25, 0.3) is 0 Å². The summed E-state index contributed by atoms with van der Waals surface area (Å²) in [5.74, 6) is -0.398. The van der Waals surface area contributed by atoms with Gasteiger partial charge in [0.05, 0.1) is 18.9 Å². The third-order valence-electron chi connectivity index (χ3n) is 3.24. The lowest BCUT2D eigenvalue weighted by molar-refractivity contribution is -0.128. The number of pyridine rings is 1. The highest BCUT2D eigenvalue weighted by Crippen LogP contribution is 2.20. The van der Waals surface area contributed by atoms with Crippen LogP contribution in [0, 0.1) is 0 Å². The second-order valence-corrected chi connectivity index (χ2v) is 6.40. The molecule has 2 rings (SSSR count). The van der Waals surface area contributed by atoms with Gasteiger partial charge in [0, 0.05) is 26.3 Å². The van der Waals surface area contributed by atoms with Crippen LogP contribution in [-0.2, 0) is 26.1 Å². The molecule has 0 saturated carbocycles. The maximum atomic E-state index is 12.6. The number of hydrogen-bond acceptors (Lipinski definition) is 6. The molecule has 1 aliphatic rings. The number of ether oxygens (including phenoxy) is 1. The number of nitrogens with one attached hydrogen (secondary N) is 1. The molecule has 0 aromatic carbocycles. The number of amides is 1. The largest absolute Gasteiger partial charge is 0.378 e. The summed E-state index contributed by atoms with van der Waals surface area (Å²) in [6.45, 7) is 0.645. The summed E-state index contributed by atoms with van der Waals surface area (Å²) in [4.78, 5) is 15.8. The number of carbonyl (C=O) groups is 1. The van der Waals surface area contributed by atoms with Crippen molar-refractivity contribution in [3.63, 3.8) is 0 Å². The van der Waals surface area contributed by atoms with Crippen LogP contribution in [0.2, 0.25) is 0 Å². The van der Waals surface area contributed by atoms with E-state index in [1.165, 1.54) is 19.3 Å². The number of aromatic nitrogens is 1. The predicted octanol–water partition coefficient (Wildman–Crippen LogP) is -1.32. The smallest absolute Gasteiger partial charge is 0.245 e. The second-order valence-electron chi connectivity index (χ2n) is 4.51. The third kappa shape index (κ3) is 3.21. The van der Waals surface area contributed by atoms with Gasteiger partial charge in [-0.2, -0.15) is 4.31 Å². The molecule has 1 atom stereocenters. The fraction of sp³-hybridized carbons (Fsp3) is 0.500. The highest BCUT2D eigenvalue weighted by Gasteiger charge is 2.38. The molecule has 1 aromatic rings. The highest BCUT2D eigenvalue weighted by molar-refractivity contribution is 7.89. The highest BCUT2D eigenvalue weighted by atomic mass is 32.2. The molecule has 1 aliphatic heterocycles. The normalized spacial score (nSPS) is 20.2. The van der Waals surface area contributed by atoms with Gasteiger partial charge in [0.2, 0.25) is 15.9 Å². The topological polar surface area (TPSA) is 115 Å². The molecule has 116 valence electrons. The van der Waals surface area contributed by atoms with Gasteiger partial charge < -0.3 is 15.8 Å². The summed E-state index contributed by atoms with van der Waals surface area (Å²) >= 11 is 0. The molecular weight excluding hydrogens is 296 g/mol. The van der Waals surface area contributed by atoms with Crippen molar-refractivity contribution in [2.24, 2.45) is 5.73 Å². The summed E-state index contributed by atoms with van der Waals surface area (Å²) in [7, 11) is -2.34. The number of nitrogens with zero attached hydrogens (tertiary/aromatic N) is 2. The first kappa shape index (κ1) is 15.8. The third-order valence-corrected chi connectivity index (χ3v) is 5.13. The van der Waals surface area contributed by atoms with Crippen LogP contribution in [0.3, 0.4) is 0 Å². The van der Waals surface area contributed by atoms with Crippen LogP contribution in [0.1, 0.15) is 5.69 Å². The number of likely N-dealkylation sites (N-methyl/N-ethyl adjacent to an activating group) is 1. The van der Waals surface area contributed by atoms with Crippen molar-refractivity contribution >= 4 is 15.9 Å². The van der Waals surface area contributed by atoms with Crippen molar-refractivity contribution in [3.8, 4) is 0 Å². The van der Waals surface area contributed by atoms with Crippen LogP contribution in [0.5, 0.6) is 0 Å². The monoisotopic (exact) mass is 314 g/mol. The zero-order valence-electron chi connectivity index (χ0n) is 11.7. The summed E-state index contributed by atoms with van der Waals surface area (Å²) < 4.78 is 31.6. The standard InChI is InChI=1S/C12H18N4O4S/c1-14-12(17)11-8-20-5-4-16(11)21(18,19)10-3-2-9(6-13)15-7-10/h2-3,7,11H,4-6,8,13H2,1H3,(H,14,17). The zero-order chi connectivity index (χ0) is 15.5. The van der Waals surface area contributed by atoms with Crippen molar-refractivity contribution in [2.75, 3.05) is 26.8 Å². The molecule has 1 aromatic heterocycles. The molecule has 1 fully saturated rings. The van der Waals surface area contributed by atoms with Crippen LogP contribution in [-0.4, -0.2) is 56.5 Å². The van der Waals surface area contributed by atoms with E-state index in [0.717, 1.165) is 4.31 Å². The second kappa shape index (κ2) is 6.48. The van der Waals surface area contributed by atoms with E-state index in [9.17, 15) is 13.2 Å². The van der Waals surface area contributed by atoms with Crippen LogP contribution in [0.15, 0.2) is 23.2 Å². The van der Waals surface area contributed by atoms with Gasteiger partial charge in [-0.25, -0.2) is 8.42 Å². The Morgan fingerprint density at radius 3 is 2.90 bits per heavy atom. The predicted molar refractivity (Wildman–Crippen MR) is 74.7 cm³/mol. The lowest BCUT2D eigenvalue weighted by atomic mass is 10.2. The maximum absolute atomic E-state index is 12.6. The number of sulfonamides is 1. The molecule has 9 heteroatoms. The molecule has 0 bridgehead atoms. The van der Waals surface area contributed by atoms with Gasteiger partial charge in [-0.1, -0.05) is 0 Å². The average Bonchev–Trinajstić information content (AvgIpc) is 2.54. The summed E-state index contributed by atoms with van der Waals surface area (Å²) in [6.07, 6.45) is 1.26. The number of morpholine rings is 1. The molecule has 1 saturated heterocycles. The fourth-order valence-corrected chi connectivity index (χ4v) is 3.57. The van der Waals surface area contributed by atoms with Gasteiger partial charge in [0.15, 0.2) is 0 Å². The van der Waals surface area contributed by atoms with Gasteiger partial charge in [-0.15, -0.1) is 0 Å². The van der Waals surface area contributed by atoms with Gasteiger partial charge in [-0.05, 0) is 12.1 Å². The van der Waals surface area contributed by atoms with E-state index in [0.29, 0.717) is 5.69 Å². The molecule has 1 unspecified atom stereocenters. The molecule has 0 radical (unpaired) electrons. The zero-order valence-corrected chi connectivity index (χ0v) is 12.5. The average molecular weight is 314 g/mol. The summed E-state index contributed by atoms with van der Waals surface area (Å²) in [5.41, 5.74) is 6.04. The Morgan fingerprint density at radius 1 is 1.57 bits per heavy atom. The first-order chi connectivity index (χ1) is 10.0. The van der Waals surface area contributed by atoms with Gasteiger partial charge in [0.1, 0.15) is 10.9 Å². The van der Waals surface area contributed by atoms with Crippen molar-refractivity contribution < 1.29 is 17.9 Å². The number of carbonyl (C=O) groups excluding carboxylic acids is 1. The van der Waals surface area contributed by atoms with E-state index >= 15 is 0 Å². The van der Waals surface area contributed by atoms with Crippen LogP contribution in [0.25, 0.3) is 0 Å². The lowest BCUT2D eigenvalue weighted by Crippen LogP contribution is -2.55. The van der Waals surface area contributed by atoms with Crippen molar-refractivity contribution in [1.29, 1.82) is 0 Å². The molecule has 21 heavy (non-hydrogen) atoms. The summed E-state index contributed by atoms with van der Waals surface area (Å²) in [6, 6.07) is 2.13. The lowest BCUT2D eigenvalue weighted by Gasteiger charge is -2.33. The minimum absolute atomic E-state index is 0.0349. The van der Waals surface area contributed by atoms with E-state index in [4.69, 9.17) is 10.5 Å². The van der Waals surface area contributed by atoms with Crippen molar-refractivity contribution in [3.05, 3.63) is 24.0 Å². The molecule has 0 aliphatic carbocycles. The Hall–Kier alpha value is -1.55. The van der Waals surface area contributed by atoms with Crippen LogP contribution >= 0.6 is 0 Å². The quantitative estimate of drug-likeness (QED) is 0.712. The first-order valence-electron chi connectivity index (χ1n) is 6.47. The maximum Gasteiger partial charge on any atom is 0.245 e. The molecular formula is C12H18N4O4S. The Kier molecular flexibility index (Phi) is 4.88. The number of rotatable bonds is 4.